The van der Waals surface area contributed by atoms with Gasteiger partial charge in [-0.1, -0.05) is 80.1 Å². The highest BCUT2D eigenvalue weighted by Crippen LogP contribution is 2.44. The zero-order chi connectivity index (χ0) is 25.9. The first-order valence-corrected chi connectivity index (χ1v) is 16.4. The van der Waals surface area contributed by atoms with E-state index in [-0.39, 0.29) is 6.79 Å². The van der Waals surface area contributed by atoms with Gasteiger partial charge < -0.3 is 9.80 Å². The van der Waals surface area contributed by atoms with E-state index in [1.54, 1.807) is 0 Å². The molecule has 1 saturated heterocycles. The van der Waals surface area contributed by atoms with Crippen LogP contribution in [0.15, 0.2) is 0 Å². The average molecular weight is 529 g/mol. The van der Waals surface area contributed by atoms with Gasteiger partial charge in [-0.25, -0.2) is 4.31 Å². The third kappa shape index (κ3) is 26.9. The Hall–Kier alpha value is 0.260. The molecule has 2 unspecified atom stereocenters. The molecule has 1 rings (SSSR count). The van der Waals surface area contributed by atoms with Gasteiger partial charge in [-0.15, -0.1) is 0 Å². The molecule has 0 aromatic rings. The molecule has 0 aromatic heterocycles. The Bertz CT molecular complexity index is 383. The second-order valence-corrected chi connectivity index (χ2v) is 11.2. The van der Waals surface area contributed by atoms with Crippen molar-refractivity contribution in [1.82, 2.24) is 9.80 Å². The lowest BCUT2D eigenvalue weighted by Crippen LogP contribution is -2.27. The van der Waals surface area contributed by atoms with E-state index in [0.29, 0.717) is 0 Å². The Morgan fingerprint density at radius 3 is 0.882 bits per heavy atom. The highest BCUT2D eigenvalue weighted by atomic mass is 31.2. The largest absolute Gasteiger partial charge is 0.328 e. The van der Waals surface area contributed by atoms with Gasteiger partial charge in [0.2, 0.25) is 0 Å². The molecule has 0 aromatic carbocycles. The van der Waals surface area contributed by atoms with Crippen LogP contribution in [0.25, 0.3) is 0 Å². The monoisotopic (exact) mass is 528 g/mol. The van der Waals surface area contributed by atoms with E-state index >= 15 is 0 Å². The van der Waals surface area contributed by atoms with Gasteiger partial charge in [0.15, 0.2) is 6.79 Å². The fourth-order valence-corrected chi connectivity index (χ4v) is 4.66. The molecule has 7 nitrogen and oxygen atoms in total. The SMILES string of the molecule is CCCCN(CCCC)CCCC.CCCCN(CCCC)CCCC.O=[PH]1OCO[PH](=O)O1. The van der Waals surface area contributed by atoms with E-state index in [2.05, 4.69) is 64.7 Å². The summed E-state index contributed by atoms with van der Waals surface area (Å²) in [5.41, 5.74) is 0. The van der Waals surface area contributed by atoms with Crippen molar-refractivity contribution >= 4 is 16.5 Å². The molecule has 0 spiro atoms. The zero-order valence-corrected chi connectivity index (χ0v) is 25.4. The summed E-state index contributed by atoms with van der Waals surface area (Å²) in [4.78, 5) is 5.27. The van der Waals surface area contributed by atoms with Crippen LogP contribution in [0.5, 0.6) is 0 Å². The van der Waals surface area contributed by atoms with Crippen molar-refractivity contribution < 1.29 is 22.5 Å². The van der Waals surface area contributed by atoms with E-state index in [1.807, 2.05) is 0 Å². The minimum atomic E-state index is -2.48. The molecule has 0 radical (unpaired) electrons. The van der Waals surface area contributed by atoms with Crippen LogP contribution in [0.2, 0.25) is 0 Å². The minimum Gasteiger partial charge on any atom is -0.303 e. The molecule has 0 N–H and O–H groups in total. The molecule has 0 amide bonds. The van der Waals surface area contributed by atoms with Gasteiger partial charge >= 0.3 is 16.5 Å². The molecule has 0 bridgehead atoms. The van der Waals surface area contributed by atoms with Crippen molar-refractivity contribution in [3.8, 4) is 0 Å². The van der Waals surface area contributed by atoms with Crippen molar-refractivity contribution in [3.63, 3.8) is 0 Å². The van der Waals surface area contributed by atoms with Crippen LogP contribution in [0, 0.1) is 0 Å². The summed E-state index contributed by atoms with van der Waals surface area (Å²) in [6.07, 6.45) is 16.2. The molecule has 34 heavy (non-hydrogen) atoms. The van der Waals surface area contributed by atoms with Crippen LogP contribution in [0.4, 0.5) is 0 Å². The summed E-state index contributed by atoms with van der Waals surface area (Å²) < 4.78 is 33.0. The first-order valence-electron chi connectivity index (χ1n) is 13.9. The number of hydrogen-bond donors (Lipinski definition) is 0. The molecule has 1 aliphatic rings. The van der Waals surface area contributed by atoms with Crippen molar-refractivity contribution in [1.29, 1.82) is 0 Å². The second kappa shape index (κ2) is 29.5. The predicted octanol–water partition coefficient (Wildman–Crippen LogP) is 8.16. The summed E-state index contributed by atoms with van der Waals surface area (Å²) in [6.45, 7) is 21.4. The Kier molecular flexibility index (Phi) is 31.6. The number of hydrogen-bond acceptors (Lipinski definition) is 7. The van der Waals surface area contributed by atoms with Gasteiger partial charge in [0.1, 0.15) is 0 Å². The minimum absolute atomic E-state index is 0.185. The van der Waals surface area contributed by atoms with E-state index in [1.165, 1.54) is 116 Å². The Morgan fingerprint density at radius 2 is 0.735 bits per heavy atom. The molecule has 0 saturated carbocycles. The lowest BCUT2D eigenvalue weighted by Gasteiger charge is -2.21. The van der Waals surface area contributed by atoms with Crippen molar-refractivity contribution in [2.45, 2.75) is 119 Å². The summed E-state index contributed by atoms with van der Waals surface area (Å²) in [7, 11) is -4.97. The fraction of sp³-hybridized carbons (Fsp3) is 1.00. The lowest BCUT2D eigenvalue weighted by atomic mass is 10.2. The van der Waals surface area contributed by atoms with Crippen LogP contribution < -0.4 is 0 Å². The molecule has 208 valence electrons. The van der Waals surface area contributed by atoms with Crippen molar-refractivity contribution in [2.75, 3.05) is 46.1 Å². The summed E-state index contributed by atoms with van der Waals surface area (Å²) in [6, 6.07) is 0. The van der Waals surface area contributed by atoms with Crippen molar-refractivity contribution in [2.24, 2.45) is 0 Å². The quantitative estimate of drug-likeness (QED) is 0.166. The molecule has 1 fully saturated rings. The predicted molar refractivity (Wildman–Crippen MR) is 148 cm³/mol. The molecule has 1 heterocycles. The normalized spacial score (nSPS) is 17.8. The lowest BCUT2D eigenvalue weighted by molar-refractivity contribution is 0.0870. The highest BCUT2D eigenvalue weighted by Gasteiger charge is 2.12. The first kappa shape index (κ1) is 36.4. The molecule has 9 heteroatoms. The average Bonchev–Trinajstić information content (AvgIpc) is 2.84. The summed E-state index contributed by atoms with van der Waals surface area (Å²) in [5, 5.41) is 0. The summed E-state index contributed by atoms with van der Waals surface area (Å²) in [5.74, 6) is 0. The van der Waals surface area contributed by atoms with Crippen LogP contribution in [0.3, 0.4) is 0 Å². The standard InChI is InChI=1S/2C12H27N.CH4O5P2/c2*1-4-7-10-13(11-8-5-2)12-9-6-3;2-7-4-1-5-8(3)6-7/h2*4-12H2,1-3H3;7-8H,1H2. The molecule has 0 aliphatic carbocycles. The molecular formula is C25H58N2O5P2. The van der Waals surface area contributed by atoms with Gasteiger partial charge in [-0.05, 0) is 77.8 Å². The van der Waals surface area contributed by atoms with Gasteiger partial charge in [0.25, 0.3) is 0 Å². The van der Waals surface area contributed by atoms with E-state index in [9.17, 15) is 9.13 Å². The van der Waals surface area contributed by atoms with Crippen molar-refractivity contribution in [3.05, 3.63) is 0 Å². The second-order valence-electron chi connectivity index (χ2n) is 8.81. The maximum absolute atomic E-state index is 10.2. The molecular weight excluding hydrogens is 470 g/mol. The topological polar surface area (TPSA) is 68.3 Å². The Morgan fingerprint density at radius 1 is 0.500 bits per heavy atom. The maximum atomic E-state index is 10.2. The van der Waals surface area contributed by atoms with E-state index in [4.69, 9.17) is 0 Å². The first-order chi connectivity index (χ1) is 16.5. The number of rotatable bonds is 18. The highest BCUT2D eigenvalue weighted by molar-refractivity contribution is 7.48. The molecule has 1 aliphatic heterocycles. The summed E-state index contributed by atoms with van der Waals surface area (Å²) >= 11 is 0. The van der Waals surface area contributed by atoms with Gasteiger partial charge in [0, 0.05) is 0 Å². The smallest absolute Gasteiger partial charge is 0.303 e. The van der Waals surface area contributed by atoms with E-state index in [0.717, 1.165) is 0 Å². The third-order valence-corrected chi connectivity index (χ3v) is 7.53. The van der Waals surface area contributed by atoms with Gasteiger partial charge in [0.05, 0.1) is 0 Å². The Labute approximate surface area is 213 Å². The third-order valence-electron chi connectivity index (χ3n) is 5.49. The zero-order valence-electron chi connectivity index (χ0n) is 23.4. The van der Waals surface area contributed by atoms with Gasteiger partial charge in [-0.3, -0.25) is 18.2 Å². The number of unbranched alkanes of at least 4 members (excludes halogenated alkanes) is 6. The number of nitrogens with zero attached hydrogens (tertiary/aromatic N) is 2. The van der Waals surface area contributed by atoms with Crippen LogP contribution in [-0.4, -0.2) is 55.9 Å². The van der Waals surface area contributed by atoms with Crippen LogP contribution >= 0.6 is 16.5 Å². The van der Waals surface area contributed by atoms with Crippen LogP contribution in [-0.2, 0) is 22.5 Å². The fourth-order valence-electron chi connectivity index (χ4n) is 3.21. The molecule has 2 atom stereocenters. The Balaban J connectivity index is 0. The van der Waals surface area contributed by atoms with Crippen LogP contribution in [0.1, 0.15) is 119 Å². The van der Waals surface area contributed by atoms with E-state index < -0.39 is 16.5 Å². The van der Waals surface area contributed by atoms with Gasteiger partial charge in [-0.2, -0.15) is 0 Å². The maximum Gasteiger partial charge on any atom is 0.328 e.